The lowest BCUT2D eigenvalue weighted by atomic mass is 10.2. The predicted octanol–water partition coefficient (Wildman–Crippen LogP) is 5.29. The summed E-state index contributed by atoms with van der Waals surface area (Å²) in [6.45, 7) is 3.98. The van der Waals surface area contributed by atoms with Crippen molar-refractivity contribution in [2.24, 2.45) is 0 Å². The number of hydrogen-bond donors (Lipinski definition) is 1. The van der Waals surface area contributed by atoms with Crippen LogP contribution in [0.3, 0.4) is 0 Å². The third kappa shape index (κ3) is 3.82. The number of imide groups is 1. The van der Waals surface area contributed by atoms with E-state index in [9.17, 15) is 9.59 Å². The highest BCUT2D eigenvalue weighted by molar-refractivity contribution is 8.04. The number of rotatable bonds is 5. The molecule has 3 aromatic carbocycles. The Morgan fingerprint density at radius 2 is 1.41 bits per heavy atom. The number of nitrogens with one attached hydrogen (secondary N) is 1. The number of para-hydroxylation sites is 2. The summed E-state index contributed by atoms with van der Waals surface area (Å²) in [5, 5.41) is 3.22. The van der Waals surface area contributed by atoms with E-state index in [1.807, 2.05) is 80.6 Å². The predicted molar refractivity (Wildman–Crippen MR) is 118 cm³/mol. The molecule has 0 spiro atoms. The number of carbonyl (C=O) groups excluding carboxylic acids is 2. The average Bonchev–Trinajstić information content (AvgIpc) is 2.96. The molecule has 4 nitrogen and oxygen atoms in total. The first-order valence-corrected chi connectivity index (χ1v) is 10.1. The van der Waals surface area contributed by atoms with Crippen LogP contribution in [0.1, 0.15) is 11.1 Å². The van der Waals surface area contributed by atoms with Gasteiger partial charge in [-0.05, 0) is 49.7 Å². The Bertz CT molecular complexity index is 1110. The highest BCUT2D eigenvalue weighted by Crippen LogP contribution is 2.38. The van der Waals surface area contributed by atoms with Crippen LogP contribution in [-0.2, 0) is 9.59 Å². The van der Waals surface area contributed by atoms with Crippen LogP contribution in [0, 0.1) is 13.8 Å². The number of benzene rings is 3. The minimum Gasteiger partial charge on any atom is -0.350 e. The summed E-state index contributed by atoms with van der Waals surface area (Å²) in [4.78, 5) is 29.1. The lowest BCUT2D eigenvalue weighted by Crippen LogP contribution is -2.32. The second-order valence-electron chi connectivity index (χ2n) is 6.84. The number of hydrogen-bond acceptors (Lipinski definition) is 4. The Morgan fingerprint density at radius 3 is 2.10 bits per heavy atom. The first kappa shape index (κ1) is 19.0. The van der Waals surface area contributed by atoms with E-state index >= 15 is 0 Å². The van der Waals surface area contributed by atoms with Crippen molar-refractivity contribution in [1.82, 2.24) is 0 Å². The van der Waals surface area contributed by atoms with Crippen molar-refractivity contribution in [2.45, 2.75) is 18.7 Å². The van der Waals surface area contributed by atoms with Crippen LogP contribution in [0.25, 0.3) is 0 Å². The molecule has 1 heterocycles. The van der Waals surface area contributed by atoms with Gasteiger partial charge < -0.3 is 5.32 Å². The van der Waals surface area contributed by atoms with Crippen LogP contribution < -0.4 is 10.2 Å². The van der Waals surface area contributed by atoms with Crippen molar-refractivity contribution in [3.05, 3.63) is 101 Å². The Labute approximate surface area is 174 Å². The molecule has 1 N–H and O–H groups in total. The highest BCUT2D eigenvalue weighted by Gasteiger charge is 2.40. The molecule has 1 aliphatic rings. The third-order valence-electron chi connectivity index (χ3n) is 4.70. The molecule has 0 fully saturated rings. The van der Waals surface area contributed by atoms with E-state index in [-0.39, 0.29) is 11.8 Å². The molecular formula is C24H20N2O2S. The molecule has 2 amide bonds. The Balaban J connectivity index is 1.76. The summed E-state index contributed by atoms with van der Waals surface area (Å²) in [5.41, 5.74) is 3.81. The molecule has 0 saturated carbocycles. The fraction of sp³-hybridized carbons (Fsp3) is 0.0833. The molecule has 5 heteroatoms. The van der Waals surface area contributed by atoms with Gasteiger partial charge in [0.25, 0.3) is 11.8 Å². The van der Waals surface area contributed by atoms with Gasteiger partial charge in [0.1, 0.15) is 10.6 Å². The molecule has 0 aliphatic carbocycles. The van der Waals surface area contributed by atoms with Crippen LogP contribution in [-0.4, -0.2) is 11.8 Å². The zero-order chi connectivity index (χ0) is 20.4. The van der Waals surface area contributed by atoms with Crippen LogP contribution in [0.5, 0.6) is 0 Å². The molecule has 29 heavy (non-hydrogen) atoms. The summed E-state index contributed by atoms with van der Waals surface area (Å²) in [5.74, 6) is -0.665. The van der Waals surface area contributed by atoms with Crippen LogP contribution in [0.4, 0.5) is 11.4 Å². The van der Waals surface area contributed by atoms with Crippen molar-refractivity contribution in [3.63, 3.8) is 0 Å². The summed E-state index contributed by atoms with van der Waals surface area (Å²) in [6, 6.07) is 24.6. The standard InChI is InChI=1S/C24H20N2O2S/c1-16-12-14-19(15-13-16)29-22-21(25-20-11-7-6-8-17(20)2)23(27)26(24(22)28)18-9-4-3-5-10-18/h3-15,25H,1-2H3. The van der Waals surface area contributed by atoms with Gasteiger partial charge in [0.05, 0.1) is 5.69 Å². The van der Waals surface area contributed by atoms with Crippen molar-refractivity contribution in [2.75, 3.05) is 10.2 Å². The van der Waals surface area contributed by atoms with Gasteiger partial charge in [-0.2, -0.15) is 0 Å². The maximum atomic E-state index is 13.3. The lowest BCUT2D eigenvalue weighted by Gasteiger charge is -2.15. The van der Waals surface area contributed by atoms with Crippen LogP contribution >= 0.6 is 11.8 Å². The van der Waals surface area contributed by atoms with E-state index in [1.165, 1.54) is 16.7 Å². The SMILES string of the molecule is Cc1ccc(SC2=C(Nc3ccccc3C)C(=O)N(c3ccccc3)C2=O)cc1. The molecule has 3 aromatic rings. The number of anilines is 2. The number of aryl methyl sites for hydroxylation is 2. The van der Waals surface area contributed by atoms with Gasteiger partial charge in [-0.3, -0.25) is 9.59 Å². The van der Waals surface area contributed by atoms with Crippen LogP contribution in [0.2, 0.25) is 0 Å². The van der Waals surface area contributed by atoms with E-state index in [0.29, 0.717) is 16.3 Å². The van der Waals surface area contributed by atoms with Crippen molar-refractivity contribution >= 4 is 35.0 Å². The van der Waals surface area contributed by atoms with Gasteiger partial charge in [-0.25, -0.2) is 4.90 Å². The fourth-order valence-corrected chi connectivity index (χ4v) is 4.02. The zero-order valence-corrected chi connectivity index (χ0v) is 17.0. The van der Waals surface area contributed by atoms with E-state index < -0.39 is 0 Å². The maximum absolute atomic E-state index is 13.3. The molecule has 0 saturated heterocycles. The van der Waals surface area contributed by atoms with Gasteiger partial charge in [0, 0.05) is 10.6 Å². The minimum atomic E-state index is -0.348. The van der Waals surface area contributed by atoms with E-state index in [1.54, 1.807) is 12.1 Å². The molecule has 0 radical (unpaired) electrons. The first-order valence-electron chi connectivity index (χ1n) is 9.30. The van der Waals surface area contributed by atoms with Gasteiger partial charge in [0.15, 0.2) is 0 Å². The molecule has 1 aliphatic heterocycles. The summed E-state index contributed by atoms with van der Waals surface area (Å²) in [6.07, 6.45) is 0. The average molecular weight is 401 g/mol. The number of carbonyl (C=O) groups is 2. The Morgan fingerprint density at radius 1 is 0.759 bits per heavy atom. The molecule has 0 aromatic heterocycles. The smallest absolute Gasteiger partial charge is 0.283 e. The van der Waals surface area contributed by atoms with Gasteiger partial charge in [-0.1, -0.05) is 65.9 Å². The topological polar surface area (TPSA) is 49.4 Å². The van der Waals surface area contributed by atoms with Gasteiger partial charge in [0.2, 0.25) is 0 Å². The highest BCUT2D eigenvalue weighted by atomic mass is 32.2. The van der Waals surface area contributed by atoms with Gasteiger partial charge in [-0.15, -0.1) is 0 Å². The number of nitrogens with zero attached hydrogens (tertiary/aromatic N) is 1. The largest absolute Gasteiger partial charge is 0.350 e. The second kappa shape index (κ2) is 7.97. The first-order chi connectivity index (χ1) is 14.0. The van der Waals surface area contributed by atoms with Gasteiger partial charge >= 0.3 is 0 Å². The molecule has 0 unspecified atom stereocenters. The molecule has 0 bridgehead atoms. The minimum absolute atomic E-state index is 0.304. The van der Waals surface area contributed by atoms with Crippen molar-refractivity contribution < 1.29 is 9.59 Å². The molecule has 4 rings (SSSR count). The summed E-state index contributed by atoms with van der Waals surface area (Å²) < 4.78 is 0. The summed E-state index contributed by atoms with van der Waals surface area (Å²) >= 11 is 1.31. The zero-order valence-electron chi connectivity index (χ0n) is 16.2. The Kier molecular flexibility index (Phi) is 5.23. The number of thioether (sulfide) groups is 1. The quantitative estimate of drug-likeness (QED) is 0.591. The number of amides is 2. The van der Waals surface area contributed by atoms with Crippen molar-refractivity contribution in [3.8, 4) is 0 Å². The van der Waals surface area contributed by atoms with Crippen LogP contribution in [0.15, 0.2) is 94.4 Å². The normalized spacial score (nSPS) is 13.9. The van der Waals surface area contributed by atoms with Crippen molar-refractivity contribution in [1.29, 1.82) is 0 Å². The molecular weight excluding hydrogens is 380 g/mol. The monoisotopic (exact) mass is 400 g/mol. The fourth-order valence-electron chi connectivity index (χ4n) is 3.10. The maximum Gasteiger partial charge on any atom is 0.283 e. The second-order valence-corrected chi connectivity index (χ2v) is 7.92. The van der Waals surface area contributed by atoms with E-state index in [2.05, 4.69) is 5.32 Å². The third-order valence-corrected chi connectivity index (χ3v) is 5.79. The molecule has 144 valence electrons. The molecule has 0 atom stereocenters. The van der Waals surface area contributed by atoms with E-state index in [0.717, 1.165) is 21.7 Å². The summed E-state index contributed by atoms with van der Waals surface area (Å²) in [7, 11) is 0. The Hall–Kier alpha value is -3.31. The van der Waals surface area contributed by atoms with E-state index in [4.69, 9.17) is 0 Å². The lowest BCUT2D eigenvalue weighted by molar-refractivity contribution is -0.120.